The molecule has 1 heterocycles. The first-order valence-electron chi connectivity index (χ1n) is 9.09. The topological polar surface area (TPSA) is 66.9 Å². The molecule has 1 aliphatic rings. The van der Waals surface area contributed by atoms with Crippen LogP contribution < -0.4 is 10.6 Å². The van der Waals surface area contributed by atoms with Crippen LogP contribution in [0.4, 0.5) is 11.5 Å². The van der Waals surface area contributed by atoms with Gasteiger partial charge >= 0.3 is 0 Å². The molecule has 2 N–H and O–H groups in total. The second kappa shape index (κ2) is 8.10. The quantitative estimate of drug-likeness (QED) is 0.816. The molecule has 5 heteroatoms. The molecular formula is C20H26N4O. The molecule has 0 radical (unpaired) electrons. The standard InChI is InChI=1S/C20H26N4O/c1-14-8-7-9-15(2)19(14)24-18-13-21-17(12-22-18)20(25)23-16-10-5-3-4-6-11-16/h7-9,12-13,16H,3-6,10-11H2,1-2H3,(H,22,24)(H,23,25). The molecule has 1 aliphatic carbocycles. The van der Waals surface area contributed by atoms with Crippen LogP contribution in [-0.2, 0) is 0 Å². The number of amides is 1. The van der Waals surface area contributed by atoms with Gasteiger partial charge in [0.05, 0.1) is 12.4 Å². The van der Waals surface area contributed by atoms with Crippen LogP contribution >= 0.6 is 0 Å². The zero-order valence-corrected chi connectivity index (χ0v) is 15.0. The molecule has 1 aromatic heterocycles. The normalized spacial score (nSPS) is 15.4. The van der Waals surface area contributed by atoms with E-state index >= 15 is 0 Å². The Hall–Kier alpha value is -2.43. The number of para-hydroxylation sites is 1. The summed E-state index contributed by atoms with van der Waals surface area (Å²) in [6, 6.07) is 6.40. The Morgan fingerprint density at radius 2 is 1.68 bits per heavy atom. The third kappa shape index (κ3) is 4.56. The Kier molecular flexibility index (Phi) is 5.64. The molecule has 5 nitrogen and oxygen atoms in total. The predicted octanol–water partition coefficient (Wildman–Crippen LogP) is 4.29. The minimum Gasteiger partial charge on any atom is -0.348 e. The van der Waals surface area contributed by atoms with Crippen LogP contribution in [0.5, 0.6) is 0 Å². The van der Waals surface area contributed by atoms with Crippen molar-refractivity contribution in [3.63, 3.8) is 0 Å². The van der Waals surface area contributed by atoms with Crippen molar-refractivity contribution < 1.29 is 4.79 Å². The van der Waals surface area contributed by atoms with Crippen molar-refractivity contribution >= 4 is 17.4 Å². The van der Waals surface area contributed by atoms with Crippen molar-refractivity contribution in [2.24, 2.45) is 0 Å². The predicted molar refractivity (Wildman–Crippen MR) is 100 cm³/mol. The molecular weight excluding hydrogens is 312 g/mol. The third-order valence-electron chi connectivity index (χ3n) is 4.81. The van der Waals surface area contributed by atoms with E-state index in [1.807, 2.05) is 6.07 Å². The fourth-order valence-corrected chi connectivity index (χ4v) is 3.33. The van der Waals surface area contributed by atoms with Gasteiger partial charge in [-0.25, -0.2) is 9.97 Å². The van der Waals surface area contributed by atoms with E-state index in [4.69, 9.17) is 0 Å². The fourth-order valence-electron chi connectivity index (χ4n) is 3.33. The van der Waals surface area contributed by atoms with Crippen molar-refractivity contribution in [2.75, 3.05) is 5.32 Å². The highest BCUT2D eigenvalue weighted by Crippen LogP contribution is 2.23. The lowest BCUT2D eigenvalue weighted by molar-refractivity contribution is 0.0928. The molecule has 1 aromatic carbocycles. The number of nitrogens with one attached hydrogen (secondary N) is 2. The van der Waals surface area contributed by atoms with Gasteiger partial charge in [-0.3, -0.25) is 4.79 Å². The van der Waals surface area contributed by atoms with E-state index in [-0.39, 0.29) is 11.9 Å². The van der Waals surface area contributed by atoms with Crippen molar-refractivity contribution in [1.29, 1.82) is 0 Å². The molecule has 1 saturated carbocycles. The van der Waals surface area contributed by atoms with Gasteiger partial charge in [0, 0.05) is 11.7 Å². The van der Waals surface area contributed by atoms with Gasteiger partial charge < -0.3 is 10.6 Å². The van der Waals surface area contributed by atoms with Crippen molar-refractivity contribution in [1.82, 2.24) is 15.3 Å². The lowest BCUT2D eigenvalue weighted by atomic mass is 10.1. The summed E-state index contributed by atoms with van der Waals surface area (Å²) in [5.41, 5.74) is 3.71. The van der Waals surface area contributed by atoms with Crippen molar-refractivity contribution in [2.45, 2.75) is 58.4 Å². The summed E-state index contributed by atoms with van der Waals surface area (Å²) >= 11 is 0. The molecule has 25 heavy (non-hydrogen) atoms. The average Bonchev–Trinajstić information content (AvgIpc) is 2.87. The monoisotopic (exact) mass is 338 g/mol. The second-order valence-corrected chi connectivity index (χ2v) is 6.84. The van der Waals surface area contributed by atoms with Crippen LogP contribution in [0.2, 0.25) is 0 Å². The maximum absolute atomic E-state index is 12.4. The van der Waals surface area contributed by atoms with Crippen LogP contribution in [0.3, 0.4) is 0 Å². The molecule has 0 spiro atoms. The van der Waals surface area contributed by atoms with Crippen LogP contribution in [-0.4, -0.2) is 21.9 Å². The molecule has 0 atom stereocenters. The second-order valence-electron chi connectivity index (χ2n) is 6.84. The number of benzene rings is 1. The Morgan fingerprint density at radius 3 is 2.28 bits per heavy atom. The zero-order chi connectivity index (χ0) is 17.6. The maximum Gasteiger partial charge on any atom is 0.271 e. The van der Waals surface area contributed by atoms with Crippen molar-refractivity contribution in [3.8, 4) is 0 Å². The summed E-state index contributed by atoms with van der Waals surface area (Å²) in [6.45, 7) is 4.11. The van der Waals surface area contributed by atoms with E-state index in [9.17, 15) is 4.79 Å². The van der Waals surface area contributed by atoms with E-state index in [1.54, 1.807) is 12.4 Å². The van der Waals surface area contributed by atoms with Gasteiger partial charge in [0.15, 0.2) is 0 Å². The number of nitrogens with zero attached hydrogens (tertiary/aromatic N) is 2. The summed E-state index contributed by atoms with van der Waals surface area (Å²) in [4.78, 5) is 21.0. The minimum absolute atomic E-state index is 0.127. The molecule has 0 aliphatic heterocycles. The highest BCUT2D eigenvalue weighted by Gasteiger charge is 2.16. The number of hydrogen-bond donors (Lipinski definition) is 2. The number of hydrogen-bond acceptors (Lipinski definition) is 4. The summed E-state index contributed by atoms with van der Waals surface area (Å²) < 4.78 is 0. The lowest BCUT2D eigenvalue weighted by Crippen LogP contribution is -2.34. The first-order chi connectivity index (χ1) is 12.1. The minimum atomic E-state index is -0.127. The molecule has 0 saturated heterocycles. The first kappa shape index (κ1) is 17.4. The van der Waals surface area contributed by atoms with E-state index in [0.717, 1.165) is 29.7 Å². The number of aromatic nitrogens is 2. The van der Waals surface area contributed by atoms with Crippen LogP contribution in [0.25, 0.3) is 0 Å². The number of rotatable bonds is 4. The zero-order valence-electron chi connectivity index (χ0n) is 15.0. The Morgan fingerprint density at radius 1 is 1.00 bits per heavy atom. The largest absolute Gasteiger partial charge is 0.348 e. The Labute approximate surface area is 149 Å². The SMILES string of the molecule is Cc1cccc(C)c1Nc1cnc(C(=O)NC2CCCCCC2)cn1. The number of carbonyl (C=O) groups is 1. The molecule has 0 bridgehead atoms. The van der Waals surface area contributed by atoms with Gasteiger partial charge in [-0.15, -0.1) is 0 Å². The lowest BCUT2D eigenvalue weighted by Gasteiger charge is -2.16. The summed E-state index contributed by atoms with van der Waals surface area (Å²) in [7, 11) is 0. The third-order valence-corrected chi connectivity index (χ3v) is 4.81. The number of aryl methyl sites for hydroxylation is 2. The Balaban J connectivity index is 1.64. The molecule has 3 rings (SSSR count). The molecule has 1 amide bonds. The molecule has 0 unspecified atom stereocenters. The van der Waals surface area contributed by atoms with Gasteiger partial charge in [-0.1, -0.05) is 43.9 Å². The highest BCUT2D eigenvalue weighted by atomic mass is 16.1. The molecule has 2 aromatic rings. The van der Waals surface area contributed by atoms with Gasteiger partial charge in [0.2, 0.25) is 0 Å². The summed E-state index contributed by atoms with van der Waals surface area (Å²) in [5.74, 6) is 0.515. The summed E-state index contributed by atoms with van der Waals surface area (Å²) in [5, 5.41) is 6.39. The molecule has 132 valence electrons. The highest BCUT2D eigenvalue weighted by molar-refractivity contribution is 5.92. The van der Waals surface area contributed by atoms with E-state index in [1.165, 1.54) is 25.7 Å². The number of carbonyl (C=O) groups excluding carboxylic acids is 1. The van der Waals surface area contributed by atoms with E-state index < -0.39 is 0 Å². The first-order valence-corrected chi connectivity index (χ1v) is 9.09. The summed E-state index contributed by atoms with van der Waals surface area (Å²) in [6.07, 6.45) is 10.2. The van der Waals surface area contributed by atoms with Gasteiger partial charge in [0.25, 0.3) is 5.91 Å². The van der Waals surface area contributed by atoms with Crippen molar-refractivity contribution in [3.05, 3.63) is 47.4 Å². The van der Waals surface area contributed by atoms with E-state index in [0.29, 0.717) is 11.5 Å². The van der Waals surface area contributed by atoms with Gasteiger partial charge in [-0.05, 0) is 37.8 Å². The average molecular weight is 338 g/mol. The van der Waals surface area contributed by atoms with Gasteiger partial charge in [0.1, 0.15) is 11.5 Å². The van der Waals surface area contributed by atoms with Crippen LogP contribution in [0.15, 0.2) is 30.6 Å². The molecule has 1 fully saturated rings. The number of anilines is 2. The Bertz CT molecular complexity index is 699. The maximum atomic E-state index is 12.4. The van der Waals surface area contributed by atoms with Crippen LogP contribution in [0.1, 0.15) is 60.1 Å². The van der Waals surface area contributed by atoms with Crippen LogP contribution in [0, 0.1) is 13.8 Å². The fraction of sp³-hybridized carbons (Fsp3) is 0.450. The van der Waals surface area contributed by atoms with E-state index in [2.05, 4.69) is 46.6 Å². The smallest absolute Gasteiger partial charge is 0.271 e. The van der Waals surface area contributed by atoms with Gasteiger partial charge in [-0.2, -0.15) is 0 Å².